The smallest absolute Gasteiger partial charge is 0.346 e. The van der Waals surface area contributed by atoms with E-state index in [4.69, 9.17) is 14.9 Å². The van der Waals surface area contributed by atoms with Crippen molar-refractivity contribution >= 4 is 0 Å². The molecular formula is C18H27F3O3. The first kappa shape index (κ1) is 20.9. The van der Waals surface area contributed by atoms with Gasteiger partial charge in [-0.2, -0.15) is 13.2 Å². The zero-order valence-corrected chi connectivity index (χ0v) is 14.1. The number of hydrogen-bond acceptors (Lipinski definition) is 3. The first-order chi connectivity index (χ1) is 11.3. The SMILES string of the molecule is CCCCCCCCCC(OC(O)O)c1cccc(C(F)(F)F)c1. The van der Waals surface area contributed by atoms with Crippen molar-refractivity contribution in [3.05, 3.63) is 35.4 Å². The van der Waals surface area contributed by atoms with Gasteiger partial charge in [0.2, 0.25) is 0 Å². The molecule has 0 amide bonds. The summed E-state index contributed by atoms with van der Waals surface area (Å²) in [5.41, 5.74) is -0.454. The third kappa shape index (κ3) is 8.13. The van der Waals surface area contributed by atoms with Gasteiger partial charge >= 0.3 is 6.18 Å². The standard InChI is InChI=1S/C18H27F3O3/c1-2-3-4-5-6-7-8-12-16(24-17(22)23)14-10-9-11-15(13-14)18(19,20)21/h9-11,13,16-17,22-23H,2-8,12H2,1H3. The van der Waals surface area contributed by atoms with Crippen molar-refractivity contribution in [3.63, 3.8) is 0 Å². The van der Waals surface area contributed by atoms with Crippen LogP contribution < -0.4 is 0 Å². The topological polar surface area (TPSA) is 49.7 Å². The molecule has 0 aromatic heterocycles. The van der Waals surface area contributed by atoms with Gasteiger partial charge in [0.05, 0.1) is 11.7 Å². The van der Waals surface area contributed by atoms with Crippen molar-refractivity contribution < 1.29 is 28.1 Å². The maximum atomic E-state index is 12.8. The number of aliphatic hydroxyl groups excluding tert-OH is 1. The Balaban J connectivity index is 2.59. The predicted octanol–water partition coefficient (Wildman–Crippen LogP) is 5.17. The number of unbranched alkanes of at least 4 members (excludes halogenated alkanes) is 6. The molecule has 0 aliphatic carbocycles. The molecule has 1 atom stereocenters. The van der Waals surface area contributed by atoms with Gasteiger partial charge in [0.25, 0.3) is 6.48 Å². The highest BCUT2D eigenvalue weighted by molar-refractivity contribution is 5.27. The van der Waals surface area contributed by atoms with E-state index < -0.39 is 24.3 Å². The van der Waals surface area contributed by atoms with Crippen LogP contribution in [0.4, 0.5) is 13.2 Å². The van der Waals surface area contributed by atoms with E-state index in [9.17, 15) is 13.2 Å². The Bertz CT molecular complexity index is 461. The minimum atomic E-state index is -4.43. The van der Waals surface area contributed by atoms with Gasteiger partial charge in [0.1, 0.15) is 0 Å². The Labute approximate surface area is 141 Å². The molecule has 0 heterocycles. The zero-order chi connectivity index (χ0) is 18.0. The van der Waals surface area contributed by atoms with E-state index >= 15 is 0 Å². The molecule has 24 heavy (non-hydrogen) atoms. The molecule has 1 unspecified atom stereocenters. The molecule has 3 nitrogen and oxygen atoms in total. The van der Waals surface area contributed by atoms with Crippen LogP contribution in [0.1, 0.15) is 75.5 Å². The highest BCUT2D eigenvalue weighted by Crippen LogP contribution is 2.33. The Kier molecular flexibility index (Phi) is 9.33. The average molecular weight is 348 g/mol. The zero-order valence-electron chi connectivity index (χ0n) is 14.1. The largest absolute Gasteiger partial charge is 0.416 e. The summed E-state index contributed by atoms with van der Waals surface area (Å²) in [6.07, 6.45) is 2.77. The summed E-state index contributed by atoms with van der Waals surface area (Å²) >= 11 is 0. The van der Waals surface area contributed by atoms with Gasteiger partial charge in [-0.05, 0) is 24.1 Å². The molecule has 0 saturated carbocycles. The van der Waals surface area contributed by atoms with Crippen LogP contribution >= 0.6 is 0 Å². The van der Waals surface area contributed by atoms with Crippen LogP contribution in [0.2, 0.25) is 0 Å². The second-order valence-corrected chi connectivity index (χ2v) is 5.98. The molecular weight excluding hydrogens is 321 g/mol. The highest BCUT2D eigenvalue weighted by atomic mass is 19.4. The number of halogens is 3. The molecule has 0 saturated heterocycles. The van der Waals surface area contributed by atoms with Gasteiger partial charge in [-0.25, -0.2) is 0 Å². The van der Waals surface area contributed by atoms with Crippen molar-refractivity contribution in [3.8, 4) is 0 Å². The molecule has 0 aliphatic rings. The quantitative estimate of drug-likeness (QED) is 0.428. The minimum absolute atomic E-state index is 0.309. The first-order valence-electron chi connectivity index (χ1n) is 8.53. The van der Waals surface area contributed by atoms with E-state index in [1.54, 1.807) is 0 Å². The van der Waals surface area contributed by atoms with Crippen LogP contribution in [0.3, 0.4) is 0 Å². The Hall–Kier alpha value is -1.11. The highest BCUT2D eigenvalue weighted by Gasteiger charge is 2.31. The lowest BCUT2D eigenvalue weighted by Crippen LogP contribution is -2.16. The molecule has 1 aromatic rings. The third-order valence-electron chi connectivity index (χ3n) is 3.94. The van der Waals surface area contributed by atoms with E-state index in [1.165, 1.54) is 31.4 Å². The van der Waals surface area contributed by atoms with Gasteiger partial charge in [-0.15, -0.1) is 0 Å². The van der Waals surface area contributed by atoms with E-state index in [-0.39, 0.29) is 0 Å². The lowest BCUT2D eigenvalue weighted by molar-refractivity contribution is -0.259. The van der Waals surface area contributed by atoms with Crippen LogP contribution in [0.5, 0.6) is 0 Å². The molecule has 1 aromatic carbocycles. The predicted molar refractivity (Wildman–Crippen MR) is 86.1 cm³/mol. The molecule has 0 radical (unpaired) electrons. The summed E-state index contributed by atoms with van der Waals surface area (Å²) in [6, 6.07) is 4.82. The molecule has 0 aliphatic heterocycles. The van der Waals surface area contributed by atoms with Crippen molar-refractivity contribution in [2.75, 3.05) is 0 Å². The second kappa shape index (κ2) is 10.7. The Morgan fingerprint density at radius 2 is 1.62 bits per heavy atom. The molecule has 138 valence electrons. The van der Waals surface area contributed by atoms with Crippen LogP contribution in [-0.2, 0) is 10.9 Å². The van der Waals surface area contributed by atoms with Crippen molar-refractivity contribution in [2.45, 2.75) is 77.0 Å². The molecule has 6 heteroatoms. The number of aliphatic hydroxyl groups is 2. The summed E-state index contributed by atoms with van der Waals surface area (Å²) in [5.74, 6) is 0. The Morgan fingerprint density at radius 1 is 1.00 bits per heavy atom. The summed E-state index contributed by atoms with van der Waals surface area (Å²) in [7, 11) is 0. The lowest BCUT2D eigenvalue weighted by atomic mass is 10.00. The van der Waals surface area contributed by atoms with Gasteiger partial charge in [0.15, 0.2) is 0 Å². The van der Waals surface area contributed by atoms with Gasteiger partial charge in [-0.1, -0.05) is 64.0 Å². The number of hydrogen-bond donors (Lipinski definition) is 2. The number of rotatable bonds is 11. The van der Waals surface area contributed by atoms with E-state index in [0.717, 1.165) is 37.8 Å². The van der Waals surface area contributed by atoms with Crippen LogP contribution in [0.15, 0.2) is 24.3 Å². The fraction of sp³-hybridized carbons (Fsp3) is 0.667. The monoisotopic (exact) mass is 348 g/mol. The van der Waals surface area contributed by atoms with Crippen LogP contribution in [0, 0.1) is 0 Å². The summed E-state index contributed by atoms with van der Waals surface area (Å²) in [6.45, 7) is 0.145. The van der Waals surface area contributed by atoms with Crippen LogP contribution in [0.25, 0.3) is 0 Å². The van der Waals surface area contributed by atoms with Gasteiger partial charge < -0.3 is 14.9 Å². The maximum absolute atomic E-state index is 12.8. The fourth-order valence-electron chi connectivity index (χ4n) is 2.66. The van der Waals surface area contributed by atoms with Crippen molar-refractivity contribution in [1.29, 1.82) is 0 Å². The number of alkyl halides is 3. The van der Waals surface area contributed by atoms with E-state index in [2.05, 4.69) is 6.92 Å². The van der Waals surface area contributed by atoms with Crippen molar-refractivity contribution in [1.82, 2.24) is 0 Å². The molecule has 0 spiro atoms. The second-order valence-electron chi connectivity index (χ2n) is 5.98. The van der Waals surface area contributed by atoms with E-state index in [1.807, 2.05) is 0 Å². The normalized spacial score (nSPS) is 13.5. The lowest BCUT2D eigenvalue weighted by Gasteiger charge is -2.20. The summed E-state index contributed by atoms with van der Waals surface area (Å²) < 4.78 is 43.4. The van der Waals surface area contributed by atoms with Crippen molar-refractivity contribution in [2.24, 2.45) is 0 Å². The number of benzene rings is 1. The molecule has 0 fully saturated rings. The third-order valence-corrected chi connectivity index (χ3v) is 3.94. The Morgan fingerprint density at radius 3 is 2.21 bits per heavy atom. The molecule has 0 bridgehead atoms. The van der Waals surface area contributed by atoms with Gasteiger partial charge in [0, 0.05) is 0 Å². The average Bonchev–Trinajstić information content (AvgIpc) is 2.52. The molecule has 1 rings (SSSR count). The first-order valence-corrected chi connectivity index (χ1v) is 8.53. The number of ether oxygens (including phenoxy) is 1. The fourth-order valence-corrected chi connectivity index (χ4v) is 2.66. The van der Waals surface area contributed by atoms with E-state index in [0.29, 0.717) is 12.0 Å². The van der Waals surface area contributed by atoms with Crippen LogP contribution in [-0.4, -0.2) is 16.7 Å². The minimum Gasteiger partial charge on any atom is -0.346 e. The summed E-state index contributed by atoms with van der Waals surface area (Å²) in [5, 5.41) is 18.0. The molecule has 2 N–H and O–H groups in total. The maximum Gasteiger partial charge on any atom is 0.416 e. The summed E-state index contributed by atoms with van der Waals surface area (Å²) in [4.78, 5) is 0. The van der Waals surface area contributed by atoms with Gasteiger partial charge in [-0.3, -0.25) is 0 Å².